The van der Waals surface area contributed by atoms with E-state index in [0.717, 1.165) is 45.5 Å². The average molecular weight is 216 g/mol. The molecule has 1 heterocycles. The number of ether oxygens (including phenoxy) is 3. The lowest BCUT2D eigenvalue weighted by atomic mass is 10.2. The van der Waals surface area contributed by atoms with Gasteiger partial charge in [-0.25, -0.2) is 0 Å². The molecule has 15 heavy (non-hydrogen) atoms. The van der Waals surface area contributed by atoms with Gasteiger partial charge in [-0.3, -0.25) is 4.79 Å². The average Bonchev–Trinajstić information content (AvgIpc) is 2.98. The van der Waals surface area contributed by atoms with Crippen LogP contribution in [0, 0.1) is 0 Å². The Balaban J connectivity index is 1.67. The van der Waals surface area contributed by atoms with Gasteiger partial charge < -0.3 is 14.2 Å². The van der Waals surface area contributed by atoms with Crippen LogP contribution in [0.15, 0.2) is 0 Å². The lowest BCUT2D eigenvalue weighted by molar-refractivity contribution is -0.141. The summed E-state index contributed by atoms with van der Waals surface area (Å²) in [6, 6.07) is 0. The van der Waals surface area contributed by atoms with Crippen molar-refractivity contribution in [3.63, 3.8) is 0 Å². The van der Waals surface area contributed by atoms with Gasteiger partial charge in [-0.05, 0) is 19.3 Å². The maximum Gasteiger partial charge on any atom is 0.302 e. The first-order valence-electron chi connectivity index (χ1n) is 5.62. The minimum absolute atomic E-state index is 0.192. The fourth-order valence-electron chi connectivity index (χ4n) is 1.25. The van der Waals surface area contributed by atoms with Gasteiger partial charge in [0.2, 0.25) is 0 Å². The van der Waals surface area contributed by atoms with E-state index in [9.17, 15) is 4.79 Å². The van der Waals surface area contributed by atoms with Crippen LogP contribution in [0.3, 0.4) is 0 Å². The molecule has 0 aromatic heterocycles. The first-order valence-corrected chi connectivity index (χ1v) is 5.62. The van der Waals surface area contributed by atoms with Crippen molar-refractivity contribution in [3.8, 4) is 0 Å². The van der Waals surface area contributed by atoms with Crippen LogP contribution in [0.1, 0.15) is 32.6 Å². The van der Waals surface area contributed by atoms with Crippen LogP contribution in [0.5, 0.6) is 0 Å². The Bertz CT molecular complexity index is 177. The van der Waals surface area contributed by atoms with Crippen molar-refractivity contribution >= 4 is 5.97 Å². The van der Waals surface area contributed by atoms with Crippen molar-refractivity contribution in [2.75, 3.05) is 26.4 Å². The van der Waals surface area contributed by atoms with Gasteiger partial charge in [-0.1, -0.05) is 6.42 Å². The summed E-state index contributed by atoms with van der Waals surface area (Å²) in [5.74, 6) is -0.192. The predicted octanol–water partition coefficient (Wildman–Crippen LogP) is 1.53. The number of hydrogen-bond acceptors (Lipinski definition) is 4. The lowest BCUT2D eigenvalue weighted by Crippen LogP contribution is -2.03. The molecule has 0 spiro atoms. The smallest absolute Gasteiger partial charge is 0.302 e. The molecule has 0 aromatic carbocycles. The largest absolute Gasteiger partial charge is 0.466 e. The van der Waals surface area contributed by atoms with Gasteiger partial charge in [0.25, 0.3) is 0 Å². The third-order valence-corrected chi connectivity index (χ3v) is 2.19. The Morgan fingerprint density at radius 2 is 1.93 bits per heavy atom. The zero-order valence-corrected chi connectivity index (χ0v) is 9.37. The van der Waals surface area contributed by atoms with Crippen LogP contribution in [0.25, 0.3) is 0 Å². The zero-order chi connectivity index (χ0) is 10.9. The maximum absolute atomic E-state index is 10.4. The highest BCUT2D eigenvalue weighted by molar-refractivity contribution is 5.65. The number of carbonyl (C=O) groups excluding carboxylic acids is 1. The van der Waals surface area contributed by atoms with Gasteiger partial charge in [-0.2, -0.15) is 0 Å². The number of hydrogen-bond donors (Lipinski definition) is 0. The Kier molecular flexibility index (Phi) is 6.36. The minimum atomic E-state index is -0.192. The van der Waals surface area contributed by atoms with Gasteiger partial charge in [0.05, 0.1) is 19.8 Å². The highest BCUT2D eigenvalue weighted by atomic mass is 16.6. The van der Waals surface area contributed by atoms with E-state index in [4.69, 9.17) is 14.2 Å². The molecular formula is C11H20O4. The second-order valence-corrected chi connectivity index (χ2v) is 3.78. The number of rotatable bonds is 9. The lowest BCUT2D eigenvalue weighted by Gasteiger charge is -2.03. The standard InChI is InChI=1S/C11H20O4/c1-10(12)14-7-5-3-2-4-6-13-8-11-9-15-11/h11H,2-9H2,1H3. The molecule has 4 nitrogen and oxygen atoms in total. The van der Waals surface area contributed by atoms with Crippen molar-refractivity contribution in [1.82, 2.24) is 0 Å². The summed E-state index contributed by atoms with van der Waals surface area (Å²) in [4.78, 5) is 10.4. The SMILES string of the molecule is CC(=O)OCCCCCCOCC1CO1. The van der Waals surface area contributed by atoms with E-state index in [1.54, 1.807) is 0 Å². The molecular weight excluding hydrogens is 196 g/mol. The molecule has 1 aliphatic heterocycles. The van der Waals surface area contributed by atoms with Gasteiger partial charge in [0, 0.05) is 13.5 Å². The maximum atomic E-state index is 10.4. The van der Waals surface area contributed by atoms with Crippen LogP contribution in [-0.4, -0.2) is 38.5 Å². The van der Waals surface area contributed by atoms with Crippen LogP contribution in [0.4, 0.5) is 0 Å². The highest BCUT2D eigenvalue weighted by Gasteiger charge is 2.21. The Hall–Kier alpha value is -0.610. The second kappa shape index (κ2) is 7.65. The Morgan fingerprint density at radius 3 is 2.53 bits per heavy atom. The van der Waals surface area contributed by atoms with E-state index in [1.165, 1.54) is 6.92 Å². The summed E-state index contributed by atoms with van der Waals surface area (Å²) in [5, 5.41) is 0. The fraction of sp³-hybridized carbons (Fsp3) is 0.909. The van der Waals surface area contributed by atoms with E-state index in [-0.39, 0.29) is 5.97 Å². The minimum Gasteiger partial charge on any atom is -0.466 e. The number of carbonyl (C=O) groups is 1. The summed E-state index contributed by atoms with van der Waals surface area (Å²) in [7, 11) is 0. The molecule has 0 N–H and O–H groups in total. The number of epoxide rings is 1. The summed E-state index contributed by atoms with van der Waals surface area (Å²) in [5.41, 5.74) is 0. The van der Waals surface area contributed by atoms with E-state index in [1.807, 2.05) is 0 Å². The molecule has 0 aromatic rings. The molecule has 1 atom stereocenters. The summed E-state index contributed by atoms with van der Waals surface area (Å²) < 4.78 is 15.2. The molecule has 0 amide bonds. The van der Waals surface area contributed by atoms with Crippen molar-refractivity contribution in [2.45, 2.75) is 38.7 Å². The number of unbranched alkanes of at least 4 members (excludes halogenated alkanes) is 3. The first-order chi connectivity index (χ1) is 7.29. The molecule has 1 unspecified atom stereocenters. The molecule has 0 bridgehead atoms. The van der Waals surface area contributed by atoms with E-state index in [0.29, 0.717) is 12.7 Å². The van der Waals surface area contributed by atoms with Crippen LogP contribution >= 0.6 is 0 Å². The summed E-state index contributed by atoms with van der Waals surface area (Å²) in [6.07, 6.45) is 4.62. The molecule has 4 heteroatoms. The van der Waals surface area contributed by atoms with Crippen LogP contribution in [-0.2, 0) is 19.0 Å². The summed E-state index contributed by atoms with van der Waals surface area (Å²) in [6.45, 7) is 4.41. The van der Waals surface area contributed by atoms with E-state index >= 15 is 0 Å². The molecule has 1 rings (SSSR count). The quantitative estimate of drug-likeness (QED) is 0.333. The normalized spacial score (nSPS) is 18.9. The third kappa shape index (κ3) is 8.39. The van der Waals surface area contributed by atoms with E-state index in [2.05, 4.69) is 0 Å². The van der Waals surface area contributed by atoms with Crippen molar-refractivity contribution in [1.29, 1.82) is 0 Å². The molecule has 0 radical (unpaired) electrons. The first kappa shape index (κ1) is 12.5. The van der Waals surface area contributed by atoms with E-state index < -0.39 is 0 Å². The Morgan fingerprint density at radius 1 is 1.27 bits per heavy atom. The zero-order valence-electron chi connectivity index (χ0n) is 9.37. The van der Waals surface area contributed by atoms with Crippen LogP contribution in [0.2, 0.25) is 0 Å². The summed E-state index contributed by atoms with van der Waals surface area (Å²) >= 11 is 0. The predicted molar refractivity (Wildman–Crippen MR) is 55.7 cm³/mol. The van der Waals surface area contributed by atoms with Gasteiger partial charge >= 0.3 is 5.97 Å². The van der Waals surface area contributed by atoms with Gasteiger partial charge in [0.15, 0.2) is 0 Å². The molecule has 1 saturated heterocycles. The topological polar surface area (TPSA) is 48.1 Å². The molecule has 0 saturated carbocycles. The van der Waals surface area contributed by atoms with Crippen LogP contribution < -0.4 is 0 Å². The Labute approximate surface area is 90.9 Å². The monoisotopic (exact) mass is 216 g/mol. The third-order valence-electron chi connectivity index (χ3n) is 2.19. The fourth-order valence-corrected chi connectivity index (χ4v) is 1.25. The van der Waals surface area contributed by atoms with Gasteiger partial charge in [0.1, 0.15) is 6.10 Å². The van der Waals surface area contributed by atoms with Crippen molar-refractivity contribution < 1.29 is 19.0 Å². The molecule has 0 aliphatic carbocycles. The van der Waals surface area contributed by atoms with Crippen molar-refractivity contribution in [2.24, 2.45) is 0 Å². The van der Waals surface area contributed by atoms with Gasteiger partial charge in [-0.15, -0.1) is 0 Å². The molecule has 1 fully saturated rings. The second-order valence-electron chi connectivity index (χ2n) is 3.78. The molecule has 88 valence electrons. The highest BCUT2D eigenvalue weighted by Crippen LogP contribution is 2.09. The molecule has 1 aliphatic rings. The van der Waals surface area contributed by atoms with Crippen molar-refractivity contribution in [3.05, 3.63) is 0 Å². The number of esters is 1.